The zero-order valence-electron chi connectivity index (χ0n) is 15.4. The zero-order chi connectivity index (χ0) is 17.7. The number of hydrogen-bond donors (Lipinski definition) is 1. The van der Waals surface area contributed by atoms with Crippen molar-refractivity contribution in [2.75, 3.05) is 19.7 Å². The number of aromatic nitrogens is 1. The standard InChI is InChI=1S/C19H30N2O3/c1-5-24-19(23)18-13(2)17(14(3)21(18)4)16(22)12-20-11-15-9-7-6-8-10-15/h15,20H,5-12H2,1-4H3. The molecule has 0 aliphatic heterocycles. The van der Waals surface area contributed by atoms with Crippen LogP contribution in [0.25, 0.3) is 0 Å². The Bertz CT molecular complexity index is 598. The van der Waals surface area contributed by atoms with Gasteiger partial charge >= 0.3 is 5.97 Å². The van der Waals surface area contributed by atoms with Crippen molar-refractivity contribution < 1.29 is 14.3 Å². The summed E-state index contributed by atoms with van der Waals surface area (Å²) < 4.78 is 6.88. The van der Waals surface area contributed by atoms with Crippen molar-refractivity contribution in [2.24, 2.45) is 13.0 Å². The molecule has 2 rings (SSSR count). The summed E-state index contributed by atoms with van der Waals surface area (Å²) in [6.45, 7) is 7.04. The van der Waals surface area contributed by atoms with E-state index in [1.54, 1.807) is 18.5 Å². The van der Waals surface area contributed by atoms with Gasteiger partial charge in [-0.25, -0.2) is 4.79 Å². The Morgan fingerprint density at radius 2 is 1.88 bits per heavy atom. The average molecular weight is 334 g/mol. The van der Waals surface area contributed by atoms with E-state index >= 15 is 0 Å². The summed E-state index contributed by atoms with van der Waals surface area (Å²) in [4.78, 5) is 24.8. The molecule has 0 radical (unpaired) electrons. The molecule has 0 amide bonds. The first kappa shape index (κ1) is 18.7. The van der Waals surface area contributed by atoms with Crippen molar-refractivity contribution in [1.29, 1.82) is 0 Å². The topological polar surface area (TPSA) is 60.3 Å². The molecule has 0 atom stereocenters. The Hall–Kier alpha value is -1.62. The highest BCUT2D eigenvalue weighted by atomic mass is 16.5. The lowest BCUT2D eigenvalue weighted by molar-refractivity contribution is 0.0514. The molecule has 1 saturated carbocycles. The van der Waals surface area contributed by atoms with Crippen molar-refractivity contribution in [2.45, 2.75) is 52.9 Å². The summed E-state index contributed by atoms with van der Waals surface area (Å²) in [6, 6.07) is 0. The number of ether oxygens (including phenoxy) is 1. The maximum atomic E-state index is 12.6. The third kappa shape index (κ3) is 4.07. The van der Waals surface area contributed by atoms with Gasteiger partial charge in [-0.15, -0.1) is 0 Å². The lowest BCUT2D eigenvalue weighted by atomic mass is 9.89. The number of hydrogen-bond acceptors (Lipinski definition) is 4. The molecule has 1 N–H and O–H groups in total. The van der Waals surface area contributed by atoms with Crippen LogP contribution in [0.2, 0.25) is 0 Å². The van der Waals surface area contributed by atoms with Crippen LogP contribution in [0.4, 0.5) is 0 Å². The summed E-state index contributed by atoms with van der Waals surface area (Å²) >= 11 is 0. The second kappa shape index (κ2) is 8.47. The minimum atomic E-state index is -0.366. The van der Waals surface area contributed by atoms with E-state index in [-0.39, 0.29) is 11.8 Å². The first-order chi connectivity index (χ1) is 11.5. The van der Waals surface area contributed by atoms with Crippen LogP contribution in [-0.4, -0.2) is 36.0 Å². The van der Waals surface area contributed by atoms with E-state index in [0.717, 1.165) is 17.8 Å². The van der Waals surface area contributed by atoms with Gasteiger partial charge in [0.1, 0.15) is 5.69 Å². The number of Topliss-reactive ketones (excluding diaryl/α,β-unsaturated/α-hetero) is 1. The molecule has 1 aromatic heterocycles. The Balaban J connectivity index is 2.03. The van der Waals surface area contributed by atoms with Gasteiger partial charge in [0, 0.05) is 18.3 Å². The fourth-order valence-electron chi connectivity index (χ4n) is 3.75. The average Bonchev–Trinajstić information content (AvgIpc) is 2.78. The van der Waals surface area contributed by atoms with Crippen LogP contribution < -0.4 is 5.32 Å². The molecule has 5 nitrogen and oxygen atoms in total. The van der Waals surface area contributed by atoms with Crippen LogP contribution in [0.5, 0.6) is 0 Å². The van der Waals surface area contributed by atoms with Crippen molar-refractivity contribution in [3.8, 4) is 0 Å². The number of nitrogens with one attached hydrogen (secondary N) is 1. The van der Waals surface area contributed by atoms with E-state index in [0.29, 0.717) is 30.3 Å². The third-order valence-electron chi connectivity index (χ3n) is 5.12. The van der Waals surface area contributed by atoms with Crippen LogP contribution in [0.15, 0.2) is 0 Å². The van der Waals surface area contributed by atoms with Crippen LogP contribution in [0.3, 0.4) is 0 Å². The molecule has 24 heavy (non-hydrogen) atoms. The second-order valence-electron chi connectivity index (χ2n) is 6.77. The minimum Gasteiger partial charge on any atom is -0.461 e. The Labute approximate surface area is 144 Å². The number of ketones is 1. The predicted molar refractivity (Wildman–Crippen MR) is 94.6 cm³/mol. The van der Waals surface area contributed by atoms with Gasteiger partial charge in [-0.1, -0.05) is 19.3 Å². The Kier molecular flexibility index (Phi) is 6.60. The highest BCUT2D eigenvalue weighted by Gasteiger charge is 2.25. The molecule has 0 aromatic carbocycles. The van der Waals surface area contributed by atoms with E-state index in [1.165, 1.54) is 32.1 Å². The van der Waals surface area contributed by atoms with Crippen LogP contribution in [0, 0.1) is 19.8 Å². The molecule has 0 spiro atoms. The third-order valence-corrected chi connectivity index (χ3v) is 5.12. The van der Waals surface area contributed by atoms with Crippen molar-refractivity contribution in [3.63, 3.8) is 0 Å². The van der Waals surface area contributed by atoms with Gasteiger partial charge in [0.2, 0.25) is 0 Å². The molecule has 0 unspecified atom stereocenters. The molecule has 1 fully saturated rings. The summed E-state index contributed by atoms with van der Waals surface area (Å²) in [7, 11) is 1.81. The van der Waals surface area contributed by atoms with Crippen molar-refractivity contribution >= 4 is 11.8 Å². The molecule has 1 aliphatic rings. The van der Waals surface area contributed by atoms with Crippen LogP contribution >= 0.6 is 0 Å². The molecule has 5 heteroatoms. The van der Waals surface area contributed by atoms with Gasteiger partial charge in [-0.3, -0.25) is 4.79 Å². The fraction of sp³-hybridized carbons (Fsp3) is 0.684. The molecule has 134 valence electrons. The summed E-state index contributed by atoms with van der Waals surface area (Å²) in [5.74, 6) is 0.376. The van der Waals surface area contributed by atoms with E-state index in [1.807, 2.05) is 13.8 Å². The molecule has 1 aromatic rings. The lowest BCUT2D eigenvalue weighted by Crippen LogP contribution is -2.29. The monoisotopic (exact) mass is 334 g/mol. The minimum absolute atomic E-state index is 0.0481. The van der Waals surface area contributed by atoms with Crippen molar-refractivity contribution in [3.05, 3.63) is 22.5 Å². The molecular formula is C19H30N2O3. The molecule has 0 bridgehead atoms. The van der Waals surface area contributed by atoms with Gasteiger partial charge in [0.15, 0.2) is 5.78 Å². The number of rotatable bonds is 7. The van der Waals surface area contributed by atoms with E-state index < -0.39 is 0 Å². The van der Waals surface area contributed by atoms with Crippen molar-refractivity contribution in [1.82, 2.24) is 9.88 Å². The van der Waals surface area contributed by atoms with Crippen LogP contribution in [0.1, 0.15) is 71.1 Å². The number of nitrogens with zero attached hydrogens (tertiary/aromatic N) is 1. The largest absolute Gasteiger partial charge is 0.461 e. The second-order valence-corrected chi connectivity index (χ2v) is 6.77. The maximum absolute atomic E-state index is 12.6. The van der Waals surface area contributed by atoms with E-state index in [2.05, 4.69) is 5.32 Å². The molecule has 0 saturated heterocycles. The van der Waals surface area contributed by atoms with E-state index in [9.17, 15) is 9.59 Å². The maximum Gasteiger partial charge on any atom is 0.355 e. The Morgan fingerprint density at radius 3 is 2.50 bits per heavy atom. The van der Waals surface area contributed by atoms with Gasteiger partial charge in [-0.05, 0) is 51.6 Å². The zero-order valence-corrected chi connectivity index (χ0v) is 15.4. The van der Waals surface area contributed by atoms with Gasteiger partial charge in [-0.2, -0.15) is 0 Å². The van der Waals surface area contributed by atoms with Crippen LogP contribution in [-0.2, 0) is 11.8 Å². The first-order valence-electron chi connectivity index (χ1n) is 9.04. The molecule has 1 heterocycles. The molecular weight excluding hydrogens is 304 g/mol. The quantitative estimate of drug-likeness (QED) is 0.614. The van der Waals surface area contributed by atoms with Gasteiger partial charge < -0.3 is 14.6 Å². The normalized spacial score (nSPS) is 15.5. The predicted octanol–water partition coefficient (Wildman–Crippen LogP) is 3.17. The van der Waals surface area contributed by atoms with Gasteiger partial charge in [0.25, 0.3) is 0 Å². The fourth-order valence-corrected chi connectivity index (χ4v) is 3.75. The number of carbonyl (C=O) groups excluding carboxylic acids is 2. The summed E-state index contributed by atoms with van der Waals surface area (Å²) in [6.07, 6.45) is 6.48. The smallest absolute Gasteiger partial charge is 0.355 e. The number of carbonyl (C=O) groups is 2. The highest BCUT2D eigenvalue weighted by molar-refractivity contribution is 6.03. The SMILES string of the molecule is CCOC(=O)c1c(C)c(C(=O)CNCC2CCCCC2)c(C)n1C. The number of esters is 1. The lowest BCUT2D eigenvalue weighted by Gasteiger charge is -2.21. The highest BCUT2D eigenvalue weighted by Crippen LogP contribution is 2.24. The van der Waals surface area contributed by atoms with Gasteiger partial charge in [0.05, 0.1) is 13.2 Å². The first-order valence-corrected chi connectivity index (χ1v) is 9.04. The summed E-state index contributed by atoms with van der Waals surface area (Å²) in [5.41, 5.74) is 2.67. The van der Waals surface area contributed by atoms with E-state index in [4.69, 9.17) is 4.74 Å². The summed E-state index contributed by atoms with van der Waals surface area (Å²) in [5, 5.41) is 3.32. The Morgan fingerprint density at radius 1 is 1.21 bits per heavy atom. The molecule has 1 aliphatic carbocycles.